The second-order valence-electron chi connectivity index (χ2n) is 6.12. The van der Waals surface area contributed by atoms with E-state index < -0.39 is 5.92 Å². The van der Waals surface area contributed by atoms with Gasteiger partial charge in [-0.05, 0) is 73.5 Å². The van der Waals surface area contributed by atoms with Crippen LogP contribution in [0.3, 0.4) is 0 Å². The highest BCUT2D eigenvalue weighted by atomic mass is 79.9. The van der Waals surface area contributed by atoms with Crippen LogP contribution in [-0.4, -0.2) is 23.6 Å². The molecule has 0 radical (unpaired) electrons. The number of hydrogen-bond donors (Lipinski definition) is 2. The standard InChI is InChI=1S/C18H23BrN2O3S/c1-6-23-14-8-12(7-13(19)17(14)24-9(2)3)16-15(11(5)22)10(4)20-18(25)21-16/h7-9,15-16H,4,6H2,1-3,5H3,(H2,20,21,25). The number of carbonyl (C=O) groups excluding carboxylic acids is 1. The van der Waals surface area contributed by atoms with Gasteiger partial charge in [0, 0.05) is 5.70 Å². The maximum atomic E-state index is 12.2. The van der Waals surface area contributed by atoms with Gasteiger partial charge in [-0.3, -0.25) is 4.79 Å². The Kier molecular flexibility index (Phi) is 6.46. The van der Waals surface area contributed by atoms with Crippen molar-refractivity contribution in [1.29, 1.82) is 0 Å². The molecule has 25 heavy (non-hydrogen) atoms. The van der Waals surface area contributed by atoms with Gasteiger partial charge in [0.15, 0.2) is 16.6 Å². The summed E-state index contributed by atoms with van der Waals surface area (Å²) in [5, 5.41) is 6.56. The first-order valence-electron chi connectivity index (χ1n) is 8.14. The number of ketones is 1. The van der Waals surface area contributed by atoms with Crippen molar-refractivity contribution in [2.45, 2.75) is 39.8 Å². The van der Waals surface area contributed by atoms with Gasteiger partial charge in [0.25, 0.3) is 0 Å². The molecule has 1 fully saturated rings. The van der Waals surface area contributed by atoms with E-state index in [4.69, 9.17) is 21.7 Å². The van der Waals surface area contributed by atoms with Gasteiger partial charge in [0.1, 0.15) is 5.78 Å². The van der Waals surface area contributed by atoms with Crippen LogP contribution in [0.15, 0.2) is 28.9 Å². The molecule has 1 aliphatic rings. The number of halogens is 1. The molecule has 2 N–H and O–H groups in total. The summed E-state index contributed by atoms with van der Waals surface area (Å²) in [5.74, 6) is 0.856. The van der Waals surface area contributed by atoms with Crippen molar-refractivity contribution in [3.8, 4) is 11.5 Å². The molecule has 2 unspecified atom stereocenters. The first-order valence-corrected chi connectivity index (χ1v) is 9.34. The average molecular weight is 427 g/mol. The molecule has 1 aromatic carbocycles. The molecule has 0 spiro atoms. The van der Waals surface area contributed by atoms with Crippen molar-refractivity contribution in [2.24, 2.45) is 5.92 Å². The van der Waals surface area contributed by atoms with Crippen molar-refractivity contribution in [2.75, 3.05) is 6.61 Å². The molecule has 7 heteroatoms. The minimum atomic E-state index is -0.426. The van der Waals surface area contributed by atoms with E-state index in [2.05, 4.69) is 33.1 Å². The van der Waals surface area contributed by atoms with Crippen LogP contribution in [0.4, 0.5) is 0 Å². The van der Waals surface area contributed by atoms with Gasteiger partial charge in [-0.15, -0.1) is 0 Å². The monoisotopic (exact) mass is 426 g/mol. The van der Waals surface area contributed by atoms with Crippen LogP contribution >= 0.6 is 28.1 Å². The van der Waals surface area contributed by atoms with E-state index in [1.807, 2.05) is 32.9 Å². The maximum absolute atomic E-state index is 12.2. The Labute approximate surface area is 162 Å². The fraction of sp³-hybridized carbons (Fsp3) is 0.444. The van der Waals surface area contributed by atoms with Crippen LogP contribution in [0.25, 0.3) is 0 Å². The third kappa shape index (κ3) is 4.52. The summed E-state index contributed by atoms with van der Waals surface area (Å²) in [6.07, 6.45) is 0.00989. The molecule has 5 nitrogen and oxygen atoms in total. The first kappa shape index (κ1) is 19.7. The van der Waals surface area contributed by atoms with E-state index in [1.165, 1.54) is 0 Å². The zero-order valence-corrected chi connectivity index (χ0v) is 17.2. The van der Waals surface area contributed by atoms with E-state index in [0.717, 1.165) is 10.0 Å². The van der Waals surface area contributed by atoms with Crippen molar-refractivity contribution in [3.63, 3.8) is 0 Å². The second kappa shape index (κ2) is 8.19. The maximum Gasteiger partial charge on any atom is 0.175 e. The fourth-order valence-corrected chi connectivity index (χ4v) is 3.63. The number of Topliss-reactive ketones (excluding diaryl/α,β-unsaturated/α-hetero) is 1. The van der Waals surface area contributed by atoms with Gasteiger partial charge in [0.05, 0.1) is 29.1 Å². The molecule has 2 rings (SSSR count). The van der Waals surface area contributed by atoms with Crippen LogP contribution in [-0.2, 0) is 4.79 Å². The minimum absolute atomic E-state index is 0.00842. The lowest BCUT2D eigenvalue weighted by atomic mass is 9.86. The summed E-state index contributed by atoms with van der Waals surface area (Å²) in [6.45, 7) is 11.8. The molecule has 0 saturated carbocycles. The van der Waals surface area contributed by atoms with Gasteiger partial charge in [-0.25, -0.2) is 0 Å². The van der Waals surface area contributed by atoms with E-state index in [1.54, 1.807) is 6.92 Å². The number of ether oxygens (including phenoxy) is 2. The Hall–Kier alpha value is -1.60. The Bertz CT molecular complexity index is 706. The molecule has 1 heterocycles. The summed E-state index contributed by atoms with van der Waals surface area (Å²) in [6, 6.07) is 3.50. The zero-order chi connectivity index (χ0) is 18.7. The number of nitrogens with one attached hydrogen (secondary N) is 2. The molecule has 0 aromatic heterocycles. The van der Waals surface area contributed by atoms with Crippen molar-refractivity contribution in [1.82, 2.24) is 10.6 Å². The predicted octanol–water partition coefficient (Wildman–Crippen LogP) is 3.87. The molecule has 2 atom stereocenters. The van der Waals surface area contributed by atoms with Crippen LogP contribution in [0, 0.1) is 5.92 Å². The molecule has 1 aromatic rings. The lowest BCUT2D eigenvalue weighted by Crippen LogP contribution is -2.50. The van der Waals surface area contributed by atoms with Gasteiger partial charge < -0.3 is 20.1 Å². The highest BCUT2D eigenvalue weighted by molar-refractivity contribution is 9.10. The number of rotatable bonds is 6. The lowest BCUT2D eigenvalue weighted by molar-refractivity contribution is -0.120. The first-order chi connectivity index (χ1) is 11.7. The minimum Gasteiger partial charge on any atom is -0.490 e. The molecule has 0 bridgehead atoms. The SMILES string of the molecule is C=C1NC(=S)NC(c2cc(Br)c(OC(C)C)c(OCC)c2)C1C(C)=O. The Balaban J connectivity index is 2.51. The smallest absolute Gasteiger partial charge is 0.175 e. The van der Waals surface area contributed by atoms with Crippen molar-refractivity contribution in [3.05, 3.63) is 34.4 Å². The Morgan fingerprint density at radius 2 is 2.12 bits per heavy atom. The summed E-state index contributed by atoms with van der Waals surface area (Å²) in [7, 11) is 0. The highest BCUT2D eigenvalue weighted by Crippen LogP contribution is 2.41. The molecule has 0 amide bonds. The Morgan fingerprint density at radius 1 is 1.44 bits per heavy atom. The highest BCUT2D eigenvalue weighted by Gasteiger charge is 2.35. The molecule has 0 aliphatic carbocycles. The fourth-order valence-electron chi connectivity index (χ4n) is 2.82. The summed E-state index contributed by atoms with van der Waals surface area (Å²) < 4.78 is 12.4. The molecule has 1 saturated heterocycles. The van der Waals surface area contributed by atoms with E-state index in [0.29, 0.717) is 28.9 Å². The summed E-state index contributed by atoms with van der Waals surface area (Å²) >= 11 is 8.80. The van der Waals surface area contributed by atoms with Crippen molar-refractivity contribution >= 4 is 39.0 Å². The topological polar surface area (TPSA) is 59.6 Å². The molecule has 1 aliphatic heterocycles. The van der Waals surface area contributed by atoms with Gasteiger partial charge >= 0.3 is 0 Å². The molecular weight excluding hydrogens is 404 g/mol. The largest absolute Gasteiger partial charge is 0.490 e. The van der Waals surface area contributed by atoms with Crippen LogP contribution in [0.1, 0.15) is 39.3 Å². The van der Waals surface area contributed by atoms with E-state index in [-0.39, 0.29) is 17.9 Å². The van der Waals surface area contributed by atoms with Gasteiger partial charge in [0.2, 0.25) is 0 Å². The number of benzene rings is 1. The van der Waals surface area contributed by atoms with E-state index in [9.17, 15) is 4.79 Å². The number of hydrogen-bond acceptors (Lipinski definition) is 4. The van der Waals surface area contributed by atoms with Crippen LogP contribution in [0.5, 0.6) is 11.5 Å². The molecular formula is C18H23BrN2O3S. The third-order valence-electron chi connectivity index (χ3n) is 3.75. The van der Waals surface area contributed by atoms with Gasteiger partial charge in [-0.2, -0.15) is 0 Å². The quantitative estimate of drug-likeness (QED) is 0.673. The van der Waals surface area contributed by atoms with Crippen LogP contribution in [0.2, 0.25) is 0 Å². The summed E-state index contributed by atoms with van der Waals surface area (Å²) in [5.41, 5.74) is 1.47. The average Bonchev–Trinajstić information content (AvgIpc) is 2.49. The zero-order valence-electron chi connectivity index (χ0n) is 14.8. The molecule has 136 valence electrons. The summed E-state index contributed by atoms with van der Waals surface area (Å²) in [4.78, 5) is 12.2. The van der Waals surface area contributed by atoms with E-state index >= 15 is 0 Å². The number of thiocarbonyl (C=S) groups is 1. The van der Waals surface area contributed by atoms with Gasteiger partial charge in [-0.1, -0.05) is 6.58 Å². The second-order valence-corrected chi connectivity index (χ2v) is 7.38. The lowest BCUT2D eigenvalue weighted by Gasteiger charge is -2.35. The predicted molar refractivity (Wildman–Crippen MR) is 106 cm³/mol. The van der Waals surface area contributed by atoms with Crippen molar-refractivity contribution < 1.29 is 14.3 Å². The third-order valence-corrected chi connectivity index (χ3v) is 4.56. The van der Waals surface area contributed by atoms with Crippen LogP contribution < -0.4 is 20.1 Å². The Morgan fingerprint density at radius 3 is 2.68 bits per heavy atom. The number of carbonyl (C=O) groups is 1. The normalized spacial score (nSPS) is 20.1.